The molecular weight excluding hydrogens is 420 g/mol. The highest BCUT2D eigenvalue weighted by Crippen LogP contribution is 2.33. The Labute approximate surface area is 193 Å². The summed E-state index contributed by atoms with van der Waals surface area (Å²) in [5.41, 5.74) is 3.03. The third-order valence-electron chi connectivity index (χ3n) is 6.06. The van der Waals surface area contributed by atoms with E-state index in [1.54, 1.807) is 14.0 Å². The number of amides is 1. The molecule has 0 radical (unpaired) electrons. The van der Waals surface area contributed by atoms with Crippen LogP contribution in [0.2, 0.25) is 0 Å². The Bertz CT molecular complexity index is 1140. The van der Waals surface area contributed by atoms with Gasteiger partial charge in [0.1, 0.15) is 11.5 Å². The Hall–Kier alpha value is -3.48. The number of fused-ring (bicyclic) bond motifs is 1. The standard InChI is InChI=1S/C26H30N2O5/c1-4-32-26(30)25-18(2)28(19-8-10-20(31-3)11-9-19)23-13-12-21(16-22(23)25)33-17-24(29)27-14-6-5-7-15-27/h8-13,16H,4-7,14-15,17H2,1-3H3. The van der Waals surface area contributed by atoms with Gasteiger partial charge in [-0.05, 0) is 75.6 Å². The number of carbonyl (C=O) groups is 2. The number of esters is 1. The first-order valence-corrected chi connectivity index (χ1v) is 11.4. The minimum atomic E-state index is -0.381. The Balaban J connectivity index is 1.68. The van der Waals surface area contributed by atoms with Gasteiger partial charge in [0, 0.05) is 29.9 Å². The molecule has 0 saturated carbocycles. The number of hydrogen-bond donors (Lipinski definition) is 0. The minimum absolute atomic E-state index is 0.00704. The van der Waals surface area contributed by atoms with Crippen LogP contribution in [0.3, 0.4) is 0 Å². The lowest BCUT2D eigenvalue weighted by Gasteiger charge is -2.26. The first kappa shape index (κ1) is 22.7. The summed E-state index contributed by atoms with van der Waals surface area (Å²) in [6.07, 6.45) is 3.25. The Morgan fingerprint density at radius 1 is 0.970 bits per heavy atom. The molecule has 0 aliphatic carbocycles. The van der Waals surface area contributed by atoms with Gasteiger partial charge >= 0.3 is 5.97 Å². The molecule has 4 rings (SSSR count). The molecule has 2 aromatic carbocycles. The van der Waals surface area contributed by atoms with Gasteiger partial charge in [0.05, 0.1) is 24.8 Å². The van der Waals surface area contributed by atoms with Gasteiger partial charge in [-0.2, -0.15) is 0 Å². The van der Waals surface area contributed by atoms with E-state index in [-0.39, 0.29) is 25.1 Å². The van der Waals surface area contributed by atoms with Gasteiger partial charge in [-0.15, -0.1) is 0 Å². The van der Waals surface area contributed by atoms with Crippen LogP contribution in [0.5, 0.6) is 11.5 Å². The van der Waals surface area contributed by atoms with Gasteiger partial charge in [-0.25, -0.2) is 4.79 Å². The van der Waals surface area contributed by atoms with E-state index in [9.17, 15) is 9.59 Å². The second-order valence-electron chi connectivity index (χ2n) is 8.12. The molecule has 33 heavy (non-hydrogen) atoms. The molecule has 1 saturated heterocycles. The third-order valence-corrected chi connectivity index (χ3v) is 6.06. The van der Waals surface area contributed by atoms with Crippen LogP contribution in [0.4, 0.5) is 0 Å². The predicted molar refractivity (Wildman–Crippen MR) is 126 cm³/mol. The summed E-state index contributed by atoms with van der Waals surface area (Å²) in [7, 11) is 1.63. The molecule has 1 aromatic heterocycles. The van der Waals surface area contributed by atoms with Crippen LogP contribution in [0.15, 0.2) is 42.5 Å². The second-order valence-corrected chi connectivity index (χ2v) is 8.12. The number of hydrogen-bond acceptors (Lipinski definition) is 5. The average Bonchev–Trinajstić information content (AvgIpc) is 3.14. The molecule has 174 valence electrons. The first-order valence-electron chi connectivity index (χ1n) is 11.4. The molecule has 3 aromatic rings. The third kappa shape index (κ3) is 4.67. The number of nitrogens with zero attached hydrogens (tertiary/aromatic N) is 2. The monoisotopic (exact) mass is 450 g/mol. The van der Waals surface area contributed by atoms with Crippen LogP contribution < -0.4 is 9.47 Å². The zero-order valence-electron chi connectivity index (χ0n) is 19.4. The zero-order chi connectivity index (χ0) is 23.4. The number of benzene rings is 2. The fourth-order valence-corrected chi connectivity index (χ4v) is 4.39. The largest absolute Gasteiger partial charge is 0.497 e. The molecule has 0 atom stereocenters. The van der Waals surface area contributed by atoms with E-state index >= 15 is 0 Å². The van der Waals surface area contributed by atoms with Crippen LogP contribution in [-0.4, -0.2) is 54.8 Å². The molecule has 7 nitrogen and oxygen atoms in total. The van der Waals surface area contributed by atoms with Crippen molar-refractivity contribution in [3.05, 3.63) is 53.7 Å². The summed E-state index contributed by atoms with van der Waals surface area (Å²) in [5.74, 6) is 0.916. The highest BCUT2D eigenvalue weighted by molar-refractivity contribution is 6.07. The fraction of sp³-hybridized carbons (Fsp3) is 0.385. The zero-order valence-corrected chi connectivity index (χ0v) is 19.4. The lowest BCUT2D eigenvalue weighted by molar-refractivity contribution is -0.134. The number of ether oxygens (including phenoxy) is 3. The smallest absolute Gasteiger partial charge is 0.340 e. The molecule has 2 heterocycles. The molecule has 0 spiro atoms. The summed E-state index contributed by atoms with van der Waals surface area (Å²) in [5, 5.41) is 0.727. The number of piperidine rings is 1. The SMILES string of the molecule is CCOC(=O)c1c(C)n(-c2ccc(OC)cc2)c2ccc(OCC(=O)N3CCCCC3)cc12. The fourth-order valence-electron chi connectivity index (χ4n) is 4.39. The molecule has 1 amide bonds. The van der Waals surface area contributed by atoms with Gasteiger partial charge in [-0.1, -0.05) is 0 Å². The van der Waals surface area contributed by atoms with Crippen molar-refractivity contribution in [3.8, 4) is 17.2 Å². The summed E-state index contributed by atoms with van der Waals surface area (Å²) < 4.78 is 18.5. The predicted octanol–water partition coefficient (Wildman–Crippen LogP) is 4.52. The van der Waals surface area contributed by atoms with E-state index in [0.29, 0.717) is 11.3 Å². The van der Waals surface area contributed by atoms with Crippen molar-refractivity contribution in [1.29, 1.82) is 0 Å². The molecule has 7 heteroatoms. The highest BCUT2D eigenvalue weighted by atomic mass is 16.5. The molecule has 1 aliphatic rings. The number of rotatable bonds is 7. The lowest BCUT2D eigenvalue weighted by Crippen LogP contribution is -2.38. The van der Waals surface area contributed by atoms with Crippen molar-refractivity contribution >= 4 is 22.8 Å². The Kier molecular flexibility index (Phi) is 6.87. The molecule has 0 N–H and O–H groups in total. The summed E-state index contributed by atoms with van der Waals surface area (Å²) in [6.45, 7) is 5.54. The topological polar surface area (TPSA) is 70.0 Å². The van der Waals surface area contributed by atoms with Gasteiger partial charge in [0.2, 0.25) is 0 Å². The van der Waals surface area contributed by atoms with Crippen LogP contribution in [0.25, 0.3) is 16.6 Å². The molecule has 1 aliphatic heterocycles. The Morgan fingerprint density at radius 2 is 1.67 bits per heavy atom. The van der Waals surface area contributed by atoms with E-state index in [0.717, 1.165) is 54.0 Å². The van der Waals surface area contributed by atoms with E-state index in [2.05, 4.69) is 0 Å². The van der Waals surface area contributed by atoms with Crippen LogP contribution in [-0.2, 0) is 9.53 Å². The summed E-state index contributed by atoms with van der Waals surface area (Å²) in [4.78, 5) is 27.2. The summed E-state index contributed by atoms with van der Waals surface area (Å²) >= 11 is 0. The second kappa shape index (κ2) is 9.98. The maximum Gasteiger partial charge on any atom is 0.340 e. The quantitative estimate of drug-likeness (QED) is 0.495. The van der Waals surface area contributed by atoms with Gasteiger partial charge in [0.15, 0.2) is 6.61 Å². The van der Waals surface area contributed by atoms with Gasteiger partial charge in [-0.3, -0.25) is 4.79 Å². The highest BCUT2D eigenvalue weighted by Gasteiger charge is 2.23. The maximum atomic E-state index is 12.9. The van der Waals surface area contributed by atoms with Crippen molar-refractivity contribution in [2.75, 3.05) is 33.4 Å². The number of aromatic nitrogens is 1. The van der Waals surface area contributed by atoms with Crippen LogP contribution in [0.1, 0.15) is 42.2 Å². The van der Waals surface area contributed by atoms with E-state index in [1.807, 2.05) is 58.9 Å². The maximum absolute atomic E-state index is 12.9. The molecule has 0 bridgehead atoms. The number of methoxy groups -OCH3 is 1. The molecule has 0 unspecified atom stereocenters. The molecule has 1 fully saturated rings. The Morgan fingerprint density at radius 3 is 2.33 bits per heavy atom. The van der Waals surface area contributed by atoms with Crippen molar-refractivity contribution in [2.45, 2.75) is 33.1 Å². The molecular formula is C26H30N2O5. The van der Waals surface area contributed by atoms with Crippen molar-refractivity contribution in [1.82, 2.24) is 9.47 Å². The van der Waals surface area contributed by atoms with E-state index in [1.165, 1.54) is 6.42 Å². The minimum Gasteiger partial charge on any atom is -0.497 e. The summed E-state index contributed by atoms with van der Waals surface area (Å²) in [6, 6.07) is 13.2. The first-order chi connectivity index (χ1) is 16.0. The van der Waals surface area contributed by atoms with E-state index < -0.39 is 0 Å². The average molecular weight is 451 g/mol. The lowest BCUT2D eigenvalue weighted by atomic mass is 10.1. The number of likely N-dealkylation sites (tertiary alicyclic amines) is 1. The van der Waals surface area contributed by atoms with Crippen molar-refractivity contribution in [3.63, 3.8) is 0 Å². The van der Waals surface area contributed by atoms with Crippen LogP contribution >= 0.6 is 0 Å². The van der Waals surface area contributed by atoms with Crippen molar-refractivity contribution in [2.24, 2.45) is 0 Å². The number of carbonyl (C=O) groups excluding carboxylic acids is 2. The van der Waals surface area contributed by atoms with Gasteiger partial charge in [0.25, 0.3) is 5.91 Å². The van der Waals surface area contributed by atoms with Crippen molar-refractivity contribution < 1.29 is 23.8 Å². The normalized spacial score (nSPS) is 13.7. The van der Waals surface area contributed by atoms with E-state index in [4.69, 9.17) is 14.2 Å². The van der Waals surface area contributed by atoms with Gasteiger partial charge < -0.3 is 23.7 Å². The van der Waals surface area contributed by atoms with Crippen LogP contribution in [0, 0.1) is 6.92 Å².